The summed E-state index contributed by atoms with van der Waals surface area (Å²) in [5.74, 6) is -0.235. The molecule has 230 valence electrons. The van der Waals surface area contributed by atoms with Crippen LogP contribution in [0.4, 0.5) is 10.1 Å². The summed E-state index contributed by atoms with van der Waals surface area (Å²) in [5, 5.41) is 2.99. The Hall–Kier alpha value is -4.12. The number of carbonyl (C=O) groups excluding carboxylic acids is 2. The molecule has 0 fully saturated rings. The number of ether oxygens (including phenoxy) is 2. The van der Waals surface area contributed by atoms with Crippen LogP contribution in [0.2, 0.25) is 0 Å². The van der Waals surface area contributed by atoms with Gasteiger partial charge in [-0.2, -0.15) is 0 Å². The van der Waals surface area contributed by atoms with Gasteiger partial charge in [-0.05, 0) is 43.5 Å². The average Bonchev–Trinajstić information content (AvgIpc) is 3.45. The Kier molecular flexibility index (Phi) is 10.6. The summed E-state index contributed by atoms with van der Waals surface area (Å²) in [7, 11) is -3.70. The van der Waals surface area contributed by atoms with Gasteiger partial charge in [-0.25, -0.2) is 12.8 Å². The number of nitrogens with one attached hydrogen (secondary N) is 1. The molecule has 2 amide bonds. The minimum atomic E-state index is -3.70. The van der Waals surface area contributed by atoms with Crippen LogP contribution in [0, 0.1) is 5.82 Å². The Morgan fingerprint density at radius 1 is 1.00 bits per heavy atom. The first-order valence-electron chi connectivity index (χ1n) is 14.3. The number of benzene rings is 3. The molecule has 0 aliphatic carbocycles. The Morgan fingerprint density at radius 3 is 2.40 bits per heavy atom. The first-order valence-corrected chi connectivity index (χ1v) is 16.2. The van der Waals surface area contributed by atoms with Gasteiger partial charge in [-0.3, -0.25) is 13.9 Å². The quantitative estimate of drug-likeness (QED) is 0.285. The largest absolute Gasteiger partial charge is 0.454 e. The number of anilines is 1. The molecule has 0 saturated carbocycles. The van der Waals surface area contributed by atoms with Crippen LogP contribution in [0.25, 0.3) is 0 Å². The number of hydrogen-bond acceptors (Lipinski definition) is 6. The molecule has 43 heavy (non-hydrogen) atoms. The van der Waals surface area contributed by atoms with Gasteiger partial charge < -0.3 is 19.7 Å². The molecule has 0 unspecified atom stereocenters. The Morgan fingerprint density at radius 2 is 1.70 bits per heavy atom. The topological polar surface area (TPSA) is 105 Å². The van der Waals surface area contributed by atoms with Crippen LogP contribution >= 0.6 is 0 Å². The van der Waals surface area contributed by atoms with Crippen molar-refractivity contribution in [2.75, 3.05) is 23.9 Å². The molecule has 1 N–H and O–H groups in total. The van der Waals surface area contributed by atoms with Gasteiger partial charge in [0.15, 0.2) is 11.5 Å². The van der Waals surface area contributed by atoms with Crippen molar-refractivity contribution in [1.29, 1.82) is 0 Å². The number of halogens is 1. The number of carbonyl (C=O) groups is 2. The van der Waals surface area contributed by atoms with Crippen molar-refractivity contribution < 1.29 is 31.9 Å². The minimum Gasteiger partial charge on any atom is -0.454 e. The second kappa shape index (κ2) is 14.4. The molecule has 2 atom stereocenters. The number of fused-ring (bicyclic) bond motifs is 1. The maximum absolute atomic E-state index is 14.8. The molecular weight excluding hydrogens is 573 g/mol. The molecule has 0 radical (unpaired) electrons. The van der Waals surface area contributed by atoms with E-state index in [0.29, 0.717) is 23.6 Å². The molecule has 0 saturated heterocycles. The lowest BCUT2D eigenvalue weighted by molar-refractivity contribution is -0.141. The fourth-order valence-corrected chi connectivity index (χ4v) is 5.81. The highest BCUT2D eigenvalue weighted by Gasteiger charge is 2.31. The monoisotopic (exact) mass is 611 g/mol. The van der Waals surface area contributed by atoms with E-state index in [1.807, 2.05) is 44.2 Å². The van der Waals surface area contributed by atoms with E-state index in [9.17, 15) is 22.4 Å². The van der Waals surface area contributed by atoms with Crippen molar-refractivity contribution >= 4 is 27.5 Å². The van der Waals surface area contributed by atoms with Gasteiger partial charge in [0.1, 0.15) is 11.9 Å². The molecule has 1 aliphatic heterocycles. The van der Waals surface area contributed by atoms with Crippen molar-refractivity contribution in [3.05, 3.63) is 89.7 Å². The van der Waals surface area contributed by atoms with E-state index in [1.54, 1.807) is 36.4 Å². The number of rotatable bonds is 14. The van der Waals surface area contributed by atoms with Crippen LogP contribution in [0.5, 0.6) is 11.5 Å². The molecule has 9 nitrogen and oxygen atoms in total. The van der Waals surface area contributed by atoms with Crippen molar-refractivity contribution in [3.8, 4) is 11.5 Å². The van der Waals surface area contributed by atoms with E-state index >= 15 is 0 Å². The van der Waals surface area contributed by atoms with Crippen molar-refractivity contribution in [2.24, 2.45) is 0 Å². The summed E-state index contributed by atoms with van der Waals surface area (Å²) in [5.41, 5.74) is 1.52. The lowest BCUT2D eigenvalue weighted by atomic mass is 10.0. The van der Waals surface area contributed by atoms with Gasteiger partial charge in [-0.1, -0.05) is 55.5 Å². The first-order chi connectivity index (χ1) is 20.6. The van der Waals surface area contributed by atoms with Crippen LogP contribution < -0.4 is 19.1 Å². The van der Waals surface area contributed by atoms with E-state index in [4.69, 9.17) is 9.47 Å². The zero-order chi connectivity index (χ0) is 31.0. The van der Waals surface area contributed by atoms with Crippen LogP contribution in [0.3, 0.4) is 0 Å². The molecule has 0 spiro atoms. The van der Waals surface area contributed by atoms with Gasteiger partial charge in [-0.15, -0.1) is 0 Å². The van der Waals surface area contributed by atoms with Gasteiger partial charge >= 0.3 is 0 Å². The van der Waals surface area contributed by atoms with E-state index < -0.39 is 21.9 Å². The van der Waals surface area contributed by atoms with Gasteiger partial charge in [0.2, 0.25) is 28.6 Å². The third kappa shape index (κ3) is 8.47. The molecular formula is C32H38FN3O6S. The zero-order valence-electron chi connectivity index (χ0n) is 24.7. The molecule has 3 aromatic rings. The SMILES string of the molecule is CC[C@H](C)NC(=O)[C@H](Cc1ccccc1)N(Cc1ccccc1F)C(=O)CCCN(c1ccc2c(c1)OCO2)S(C)(=O)=O. The van der Waals surface area contributed by atoms with E-state index in [2.05, 4.69) is 5.32 Å². The Bertz CT molecular complexity index is 1520. The van der Waals surface area contributed by atoms with Gasteiger partial charge in [0, 0.05) is 43.6 Å². The summed E-state index contributed by atoms with van der Waals surface area (Å²) in [6.45, 7) is 3.79. The number of nitrogens with zero attached hydrogens (tertiary/aromatic N) is 2. The van der Waals surface area contributed by atoms with Crippen LogP contribution in [-0.4, -0.2) is 56.8 Å². The molecule has 0 bridgehead atoms. The van der Waals surface area contributed by atoms with Gasteiger partial charge in [0.05, 0.1) is 11.9 Å². The number of hydrogen-bond donors (Lipinski definition) is 1. The molecule has 1 aliphatic rings. The Labute approximate surface area is 252 Å². The standard InChI is InChI=1S/C32H38FN3O6S/c1-4-23(2)34-32(38)28(19-24-11-6-5-7-12-24)35(21-25-13-8-9-14-27(25)33)31(37)15-10-18-36(43(3,39)40)26-16-17-29-30(20-26)42-22-41-29/h5-9,11-14,16-17,20,23,28H,4,10,15,18-19,21-22H2,1-3H3,(H,34,38)/t23-,28-/m0/s1. The fourth-order valence-electron chi connectivity index (χ4n) is 4.85. The molecule has 4 rings (SSSR count). The van der Waals surface area contributed by atoms with Crippen molar-refractivity contribution in [1.82, 2.24) is 10.2 Å². The highest BCUT2D eigenvalue weighted by molar-refractivity contribution is 7.92. The second-order valence-corrected chi connectivity index (χ2v) is 12.5. The normalized spacial score (nSPS) is 13.7. The molecule has 3 aromatic carbocycles. The lowest BCUT2D eigenvalue weighted by Crippen LogP contribution is -2.52. The maximum Gasteiger partial charge on any atom is 0.243 e. The van der Waals surface area contributed by atoms with Gasteiger partial charge in [0.25, 0.3) is 0 Å². The predicted octanol–water partition coefficient (Wildman–Crippen LogP) is 4.66. The minimum absolute atomic E-state index is 0.0141. The fraction of sp³-hybridized carbons (Fsp3) is 0.375. The molecule has 0 aromatic heterocycles. The number of sulfonamides is 1. The third-order valence-corrected chi connectivity index (χ3v) is 8.56. The highest BCUT2D eigenvalue weighted by atomic mass is 32.2. The Balaban J connectivity index is 1.59. The first kappa shape index (κ1) is 31.8. The summed E-state index contributed by atoms with van der Waals surface area (Å²) >= 11 is 0. The summed E-state index contributed by atoms with van der Waals surface area (Å²) in [4.78, 5) is 28.9. The predicted molar refractivity (Wildman–Crippen MR) is 163 cm³/mol. The second-order valence-electron chi connectivity index (χ2n) is 10.6. The number of amides is 2. The third-order valence-electron chi connectivity index (χ3n) is 7.37. The van der Waals surface area contributed by atoms with E-state index in [-0.39, 0.29) is 62.6 Å². The molecule has 11 heteroatoms. The van der Waals surface area contributed by atoms with Crippen molar-refractivity contribution in [3.63, 3.8) is 0 Å². The van der Waals surface area contributed by atoms with Crippen LogP contribution in [0.15, 0.2) is 72.8 Å². The maximum atomic E-state index is 14.8. The smallest absolute Gasteiger partial charge is 0.243 e. The average molecular weight is 612 g/mol. The zero-order valence-corrected chi connectivity index (χ0v) is 25.5. The van der Waals surface area contributed by atoms with Crippen molar-refractivity contribution in [2.45, 2.75) is 58.2 Å². The highest BCUT2D eigenvalue weighted by Crippen LogP contribution is 2.36. The van der Waals surface area contributed by atoms with E-state index in [1.165, 1.54) is 15.3 Å². The van der Waals surface area contributed by atoms with Crippen LogP contribution in [-0.2, 0) is 32.6 Å². The molecule has 1 heterocycles. The lowest BCUT2D eigenvalue weighted by Gasteiger charge is -2.33. The summed E-state index contributed by atoms with van der Waals surface area (Å²) < 4.78 is 52.2. The van der Waals surface area contributed by atoms with E-state index in [0.717, 1.165) is 11.8 Å². The van der Waals surface area contributed by atoms with Crippen LogP contribution in [0.1, 0.15) is 44.2 Å². The summed E-state index contributed by atoms with van der Waals surface area (Å²) in [6.07, 6.45) is 2.13. The summed E-state index contributed by atoms with van der Waals surface area (Å²) in [6, 6.07) is 19.3.